The van der Waals surface area contributed by atoms with Crippen molar-refractivity contribution in [3.8, 4) is 44.5 Å². The summed E-state index contributed by atoms with van der Waals surface area (Å²) in [6.07, 6.45) is 0. The lowest BCUT2D eigenvalue weighted by Gasteiger charge is -2.33. The number of nitrogens with zero attached hydrogens (tertiary/aromatic N) is 1. The Morgan fingerprint density at radius 1 is 0.382 bits per heavy atom. The Balaban J connectivity index is 1.29. The Hall–Kier alpha value is -6.18. The molecule has 0 bridgehead atoms. The first-order valence-corrected chi connectivity index (χ1v) is 19.6. The van der Waals surface area contributed by atoms with Crippen LogP contribution in [-0.4, -0.2) is 0 Å². The zero-order valence-corrected chi connectivity index (χ0v) is 32.5. The highest BCUT2D eigenvalue weighted by atomic mass is 15.2. The predicted octanol–water partition coefficient (Wildman–Crippen LogP) is 14.9. The Morgan fingerprint density at radius 3 is 1.78 bits per heavy atom. The van der Waals surface area contributed by atoms with Crippen LogP contribution in [-0.2, 0) is 10.8 Å². The first-order valence-electron chi connectivity index (χ1n) is 19.6. The molecule has 10 rings (SSSR count). The van der Waals surface area contributed by atoms with Gasteiger partial charge in [0.1, 0.15) is 0 Å². The monoisotopic (exact) mass is 707 g/mol. The zero-order valence-electron chi connectivity index (χ0n) is 32.5. The van der Waals surface area contributed by atoms with Crippen molar-refractivity contribution in [1.29, 1.82) is 0 Å². The van der Waals surface area contributed by atoms with Gasteiger partial charge in [-0.25, -0.2) is 0 Å². The quantitative estimate of drug-likeness (QED) is 0.172. The molecule has 0 N–H and O–H groups in total. The summed E-state index contributed by atoms with van der Waals surface area (Å²) in [6.45, 7) is 14.1. The summed E-state index contributed by atoms with van der Waals surface area (Å²) in [5.74, 6) is 0. The Bertz CT molecular complexity index is 2850. The first-order chi connectivity index (χ1) is 26.6. The third kappa shape index (κ3) is 4.99. The second-order valence-electron chi connectivity index (χ2n) is 16.7. The smallest absolute Gasteiger partial charge is 0.0569 e. The molecule has 0 atom stereocenters. The molecule has 0 saturated heterocycles. The van der Waals surface area contributed by atoms with Crippen molar-refractivity contribution in [1.82, 2.24) is 0 Å². The normalized spacial score (nSPS) is 14.3. The van der Waals surface area contributed by atoms with Gasteiger partial charge < -0.3 is 4.90 Å². The van der Waals surface area contributed by atoms with Gasteiger partial charge in [0, 0.05) is 27.6 Å². The van der Waals surface area contributed by atoms with E-state index >= 15 is 0 Å². The molecule has 0 aromatic heterocycles. The van der Waals surface area contributed by atoms with Crippen molar-refractivity contribution in [2.75, 3.05) is 4.90 Å². The molecular weight excluding hydrogens is 663 g/mol. The van der Waals surface area contributed by atoms with Gasteiger partial charge in [0.2, 0.25) is 0 Å². The number of fused-ring (bicyclic) bond motifs is 7. The van der Waals surface area contributed by atoms with Gasteiger partial charge in [0.05, 0.1) is 11.4 Å². The van der Waals surface area contributed by atoms with Gasteiger partial charge in [0.25, 0.3) is 0 Å². The highest BCUT2D eigenvalue weighted by Crippen LogP contribution is 2.57. The fourth-order valence-corrected chi connectivity index (χ4v) is 9.83. The van der Waals surface area contributed by atoms with Crippen LogP contribution in [0.5, 0.6) is 0 Å². The molecule has 0 aliphatic heterocycles. The van der Waals surface area contributed by atoms with Gasteiger partial charge in [-0.2, -0.15) is 0 Å². The molecule has 0 amide bonds. The van der Waals surface area contributed by atoms with Crippen molar-refractivity contribution in [2.45, 2.75) is 52.4 Å². The second kappa shape index (κ2) is 12.2. The van der Waals surface area contributed by atoms with E-state index in [4.69, 9.17) is 0 Å². The number of aryl methyl sites for hydroxylation is 2. The lowest BCUT2D eigenvalue weighted by molar-refractivity contribution is 0.660. The van der Waals surface area contributed by atoms with E-state index in [9.17, 15) is 0 Å². The number of benzene rings is 8. The molecule has 266 valence electrons. The summed E-state index contributed by atoms with van der Waals surface area (Å²) in [4.78, 5) is 2.59. The van der Waals surface area contributed by atoms with E-state index in [0.29, 0.717) is 0 Å². The molecule has 1 heteroatoms. The lowest BCUT2D eigenvalue weighted by Crippen LogP contribution is -2.18. The standard InChI is InChI=1S/C54H45N/c1-34-16-7-10-19-41(34)45-32-39(38-27-26-36-17-8-9-18-37(36)31-38)30-35(2)52(45)55(40-28-29-43-42-20-11-13-22-46(42)54(5,6)49(43)33-40)50-25-15-24-48-51(50)44-21-12-14-23-47(44)53(48,3)4/h7-33H,1-6H3. The summed E-state index contributed by atoms with van der Waals surface area (Å²) in [5.41, 5.74) is 21.6. The van der Waals surface area contributed by atoms with E-state index in [-0.39, 0.29) is 10.8 Å². The molecule has 0 saturated carbocycles. The summed E-state index contributed by atoms with van der Waals surface area (Å²) in [7, 11) is 0. The van der Waals surface area contributed by atoms with Gasteiger partial charge >= 0.3 is 0 Å². The highest BCUT2D eigenvalue weighted by molar-refractivity contribution is 6.01. The van der Waals surface area contributed by atoms with E-state index in [0.717, 1.165) is 0 Å². The van der Waals surface area contributed by atoms with Crippen LogP contribution in [0.15, 0.2) is 164 Å². The van der Waals surface area contributed by atoms with E-state index in [2.05, 4.69) is 210 Å². The molecule has 8 aromatic carbocycles. The third-order valence-corrected chi connectivity index (χ3v) is 12.7. The van der Waals surface area contributed by atoms with Crippen LogP contribution in [0, 0.1) is 13.8 Å². The van der Waals surface area contributed by atoms with Crippen molar-refractivity contribution >= 4 is 27.8 Å². The van der Waals surface area contributed by atoms with Crippen molar-refractivity contribution in [3.63, 3.8) is 0 Å². The fraction of sp³-hybridized carbons (Fsp3) is 0.148. The topological polar surface area (TPSA) is 3.24 Å². The molecule has 1 nitrogen and oxygen atoms in total. The number of hydrogen-bond acceptors (Lipinski definition) is 1. The number of hydrogen-bond donors (Lipinski definition) is 0. The minimum atomic E-state index is -0.130. The lowest BCUT2D eigenvalue weighted by atomic mass is 9.82. The van der Waals surface area contributed by atoms with Gasteiger partial charge in [-0.3, -0.25) is 0 Å². The third-order valence-electron chi connectivity index (χ3n) is 12.7. The molecule has 0 unspecified atom stereocenters. The molecule has 0 heterocycles. The van der Waals surface area contributed by atoms with E-state index in [1.54, 1.807) is 0 Å². The predicted molar refractivity (Wildman–Crippen MR) is 234 cm³/mol. The van der Waals surface area contributed by atoms with E-state index in [1.807, 2.05) is 0 Å². The molecular formula is C54H45N. The summed E-state index contributed by atoms with van der Waals surface area (Å²) >= 11 is 0. The molecule has 55 heavy (non-hydrogen) atoms. The maximum atomic E-state index is 2.59. The van der Waals surface area contributed by atoms with Crippen LogP contribution in [0.1, 0.15) is 61.1 Å². The van der Waals surface area contributed by atoms with Crippen LogP contribution >= 0.6 is 0 Å². The maximum Gasteiger partial charge on any atom is 0.0569 e. The van der Waals surface area contributed by atoms with Crippen molar-refractivity contribution < 1.29 is 0 Å². The van der Waals surface area contributed by atoms with Crippen LogP contribution in [0.25, 0.3) is 55.3 Å². The second-order valence-corrected chi connectivity index (χ2v) is 16.7. The van der Waals surface area contributed by atoms with Gasteiger partial charge in [-0.05, 0) is 128 Å². The summed E-state index contributed by atoms with van der Waals surface area (Å²) in [6, 6.07) is 61.4. The largest absolute Gasteiger partial charge is 0.309 e. The molecule has 0 spiro atoms. The van der Waals surface area contributed by atoms with Crippen LogP contribution in [0.4, 0.5) is 17.1 Å². The molecule has 8 aromatic rings. The summed E-state index contributed by atoms with van der Waals surface area (Å²) in [5, 5.41) is 2.51. The summed E-state index contributed by atoms with van der Waals surface area (Å²) < 4.78 is 0. The zero-order chi connectivity index (χ0) is 37.6. The average molecular weight is 708 g/mol. The molecule has 2 aliphatic rings. The van der Waals surface area contributed by atoms with Gasteiger partial charge in [0.15, 0.2) is 0 Å². The van der Waals surface area contributed by atoms with E-state index in [1.165, 1.54) is 106 Å². The Labute approximate surface area is 325 Å². The first kappa shape index (κ1) is 33.4. The number of anilines is 3. The van der Waals surface area contributed by atoms with Crippen LogP contribution in [0.2, 0.25) is 0 Å². The van der Waals surface area contributed by atoms with Gasteiger partial charge in [-0.15, -0.1) is 0 Å². The maximum absolute atomic E-state index is 2.59. The minimum Gasteiger partial charge on any atom is -0.309 e. The SMILES string of the molecule is Cc1ccccc1-c1cc(-c2ccc3ccccc3c2)cc(C)c1N(c1ccc2c(c1)C(C)(C)c1ccccc1-2)c1cccc2c1-c1ccccc1C2(C)C. The van der Waals surface area contributed by atoms with Crippen molar-refractivity contribution in [2.24, 2.45) is 0 Å². The average Bonchev–Trinajstić information content (AvgIpc) is 3.58. The molecule has 0 radical (unpaired) electrons. The van der Waals surface area contributed by atoms with Gasteiger partial charge in [-0.1, -0.05) is 155 Å². The van der Waals surface area contributed by atoms with Crippen LogP contribution < -0.4 is 4.90 Å². The van der Waals surface area contributed by atoms with E-state index < -0.39 is 0 Å². The van der Waals surface area contributed by atoms with Crippen LogP contribution in [0.3, 0.4) is 0 Å². The minimum absolute atomic E-state index is 0.122. The molecule has 2 aliphatic carbocycles. The molecule has 0 fully saturated rings. The van der Waals surface area contributed by atoms with Crippen molar-refractivity contribution in [3.05, 3.63) is 197 Å². The number of rotatable bonds is 5. The fourth-order valence-electron chi connectivity index (χ4n) is 9.83. The Morgan fingerprint density at radius 2 is 1.00 bits per heavy atom. The highest BCUT2D eigenvalue weighted by Gasteiger charge is 2.39. The Kier molecular flexibility index (Phi) is 7.39.